The first-order chi connectivity index (χ1) is 13.9. The van der Waals surface area contributed by atoms with E-state index in [2.05, 4.69) is 4.98 Å². The maximum absolute atomic E-state index is 5.71. The van der Waals surface area contributed by atoms with Crippen LogP contribution in [0.15, 0.2) is 29.0 Å². The van der Waals surface area contributed by atoms with Crippen LogP contribution in [0.4, 0.5) is 0 Å². The first kappa shape index (κ1) is 17.3. The van der Waals surface area contributed by atoms with E-state index in [0.717, 1.165) is 44.1 Å². The van der Waals surface area contributed by atoms with Gasteiger partial charge in [0.25, 0.3) is 0 Å². The molecule has 142 valence electrons. The van der Waals surface area contributed by atoms with Gasteiger partial charge in [-0.2, -0.15) is 0 Å². The van der Waals surface area contributed by atoms with Crippen LogP contribution in [0.2, 0.25) is 0 Å². The molecule has 3 aromatic heterocycles. The summed E-state index contributed by atoms with van der Waals surface area (Å²) in [7, 11) is 0. The van der Waals surface area contributed by atoms with Gasteiger partial charge in [0.05, 0.1) is 21.1 Å². The van der Waals surface area contributed by atoms with Crippen molar-refractivity contribution in [2.24, 2.45) is 0 Å². The first-order valence-electron chi connectivity index (χ1n) is 8.94. The molecule has 3 aromatic rings. The van der Waals surface area contributed by atoms with Crippen molar-refractivity contribution >= 4 is 47.0 Å². The van der Waals surface area contributed by atoms with Gasteiger partial charge in [-0.05, 0) is 36.4 Å². The summed E-state index contributed by atoms with van der Waals surface area (Å²) in [6, 6.07) is 5.96. The van der Waals surface area contributed by atoms with Crippen LogP contribution in [-0.2, 0) is 0 Å². The number of pyridine rings is 1. The van der Waals surface area contributed by atoms with Crippen molar-refractivity contribution in [1.29, 1.82) is 0 Å². The van der Waals surface area contributed by atoms with Crippen LogP contribution in [0.5, 0.6) is 23.0 Å². The minimum atomic E-state index is 0.588. The number of hydrogen-bond acceptors (Lipinski definition) is 7. The lowest BCUT2D eigenvalue weighted by molar-refractivity contribution is 0.173. The van der Waals surface area contributed by atoms with E-state index in [1.807, 2.05) is 53.3 Å². The van der Waals surface area contributed by atoms with Crippen molar-refractivity contribution in [3.8, 4) is 23.0 Å². The summed E-state index contributed by atoms with van der Waals surface area (Å²) in [6.07, 6.45) is 8.03. The van der Waals surface area contributed by atoms with Gasteiger partial charge in [0.15, 0.2) is 23.0 Å². The van der Waals surface area contributed by atoms with Crippen LogP contribution in [0.25, 0.3) is 24.3 Å². The Balaban J connectivity index is 1.34. The molecule has 0 fully saturated rings. The van der Waals surface area contributed by atoms with Crippen molar-refractivity contribution in [2.75, 3.05) is 26.4 Å². The smallest absolute Gasteiger partial charge is 0.179 e. The number of ether oxygens (including phenoxy) is 4. The highest BCUT2D eigenvalue weighted by Gasteiger charge is 2.17. The molecular weight excluding hydrogens is 394 g/mol. The van der Waals surface area contributed by atoms with Gasteiger partial charge in [-0.1, -0.05) is 6.07 Å². The number of thiophene rings is 2. The molecule has 5 nitrogen and oxygen atoms in total. The molecule has 0 saturated heterocycles. The Labute approximate surface area is 170 Å². The third-order valence-electron chi connectivity index (χ3n) is 4.26. The van der Waals surface area contributed by atoms with E-state index >= 15 is 0 Å². The van der Waals surface area contributed by atoms with Gasteiger partial charge in [0.1, 0.15) is 26.4 Å². The van der Waals surface area contributed by atoms with E-state index in [1.54, 1.807) is 22.7 Å². The van der Waals surface area contributed by atoms with Crippen LogP contribution in [0.3, 0.4) is 0 Å². The zero-order valence-electron chi connectivity index (χ0n) is 14.9. The summed E-state index contributed by atoms with van der Waals surface area (Å²) in [5, 5.41) is 3.96. The van der Waals surface area contributed by atoms with E-state index in [4.69, 9.17) is 18.9 Å². The molecular formula is C21H17NO4S2. The van der Waals surface area contributed by atoms with Gasteiger partial charge in [-0.15, -0.1) is 22.7 Å². The van der Waals surface area contributed by atoms with Crippen molar-refractivity contribution in [3.05, 3.63) is 50.1 Å². The lowest BCUT2D eigenvalue weighted by Gasteiger charge is -2.15. The fourth-order valence-electron chi connectivity index (χ4n) is 2.97. The number of nitrogens with zero attached hydrogens (tertiary/aromatic N) is 1. The number of fused-ring (bicyclic) bond motifs is 2. The van der Waals surface area contributed by atoms with E-state index in [0.29, 0.717) is 26.4 Å². The van der Waals surface area contributed by atoms with Gasteiger partial charge < -0.3 is 18.9 Å². The van der Waals surface area contributed by atoms with Crippen molar-refractivity contribution in [1.82, 2.24) is 4.98 Å². The topological polar surface area (TPSA) is 49.8 Å². The number of hydrogen-bond donors (Lipinski definition) is 0. The van der Waals surface area contributed by atoms with Crippen LogP contribution in [0.1, 0.15) is 21.1 Å². The van der Waals surface area contributed by atoms with E-state index in [-0.39, 0.29) is 0 Å². The Kier molecular flexibility index (Phi) is 4.76. The standard InChI is InChI=1S/C21H17NO4S2/c1-2-14(4-6-18-20-16(12-27-18)23-8-10-25-20)22-15(3-1)5-7-19-21-17(13-28-19)24-9-11-26-21/h1-7,12-13H,8-11H2/b6-4+,7-5+. The van der Waals surface area contributed by atoms with Gasteiger partial charge in [0, 0.05) is 10.8 Å². The third kappa shape index (κ3) is 3.50. The molecule has 0 atom stereocenters. The molecule has 5 heterocycles. The Bertz CT molecular complexity index is 971. The van der Waals surface area contributed by atoms with E-state index in [9.17, 15) is 0 Å². The van der Waals surface area contributed by atoms with Gasteiger partial charge in [0.2, 0.25) is 0 Å². The molecule has 0 amide bonds. The maximum atomic E-state index is 5.71. The van der Waals surface area contributed by atoms with Crippen molar-refractivity contribution < 1.29 is 18.9 Å². The summed E-state index contributed by atoms with van der Waals surface area (Å²) in [5.41, 5.74) is 1.77. The molecule has 0 saturated carbocycles. The molecule has 0 bridgehead atoms. The largest absolute Gasteiger partial charge is 0.485 e. The highest BCUT2D eigenvalue weighted by atomic mass is 32.1. The zero-order valence-corrected chi connectivity index (χ0v) is 16.6. The van der Waals surface area contributed by atoms with Crippen molar-refractivity contribution in [2.45, 2.75) is 0 Å². The fraction of sp³-hybridized carbons (Fsp3) is 0.190. The summed E-state index contributed by atoms with van der Waals surface area (Å²) in [6.45, 7) is 2.38. The highest BCUT2D eigenvalue weighted by molar-refractivity contribution is 7.12. The summed E-state index contributed by atoms with van der Waals surface area (Å²) < 4.78 is 22.6. The third-order valence-corrected chi connectivity index (χ3v) is 6.07. The van der Waals surface area contributed by atoms with Crippen LogP contribution in [0, 0.1) is 0 Å². The lowest BCUT2D eigenvalue weighted by atomic mass is 10.2. The van der Waals surface area contributed by atoms with Gasteiger partial charge in [-0.3, -0.25) is 0 Å². The Morgan fingerprint density at radius 2 is 1.18 bits per heavy atom. The van der Waals surface area contributed by atoms with Crippen LogP contribution < -0.4 is 18.9 Å². The van der Waals surface area contributed by atoms with Gasteiger partial charge in [-0.25, -0.2) is 4.98 Å². The Morgan fingerprint density at radius 3 is 1.71 bits per heavy atom. The monoisotopic (exact) mass is 411 g/mol. The maximum Gasteiger partial charge on any atom is 0.179 e. The van der Waals surface area contributed by atoms with Crippen LogP contribution in [-0.4, -0.2) is 31.4 Å². The van der Waals surface area contributed by atoms with E-state index < -0.39 is 0 Å². The first-order valence-corrected chi connectivity index (χ1v) is 10.7. The minimum absolute atomic E-state index is 0.588. The highest BCUT2D eigenvalue weighted by Crippen LogP contribution is 2.41. The lowest BCUT2D eigenvalue weighted by Crippen LogP contribution is -2.14. The molecule has 0 radical (unpaired) electrons. The normalized spacial score (nSPS) is 15.4. The molecule has 0 N–H and O–H groups in total. The van der Waals surface area contributed by atoms with Crippen molar-refractivity contribution in [3.63, 3.8) is 0 Å². The number of aromatic nitrogens is 1. The molecule has 0 aliphatic carbocycles. The predicted octanol–water partition coefficient (Wildman–Crippen LogP) is 5.09. The molecule has 28 heavy (non-hydrogen) atoms. The second-order valence-corrected chi connectivity index (χ2v) is 7.96. The predicted molar refractivity (Wildman–Crippen MR) is 113 cm³/mol. The van der Waals surface area contributed by atoms with Crippen LogP contribution >= 0.6 is 22.7 Å². The molecule has 2 aliphatic heterocycles. The summed E-state index contributed by atoms with van der Waals surface area (Å²) in [5.74, 6) is 3.30. The SMILES string of the molecule is C(=C\c1scc2c1OCCO2)/c1cccc(/C=C/c2scc3c2OCCO3)n1. The molecule has 0 unspecified atom stereocenters. The fourth-order valence-corrected chi connectivity index (χ4v) is 4.62. The zero-order chi connectivity index (χ0) is 18.8. The average molecular weight is 412 g/mol. The van der Waals surface area contributed by atoms with Gasteiger partial charge >= 0.3 is 0 Å². The Morgan fingerprint density at radius 1 is 0.679 bits per heavy atom. The number of rotatable bonds is 4. The molecule has 0 spiro atoms. The second-order valence-electron chi connectivity index (χ2n) is 6.13. The molecule has 7 heteroatoms. The minimum Gasteiger partial charge on any atom is -0.485 e. The second kappa shape index (κ2) is 7.69. The summed E-state index contributed by atoms with van der Waals surface area (Å²) in [4.78, 5) is 6.77. The van der Waals surface area contributed by atoms with E-state index in [1.165, 1.54) is 0 Å². The molecule has 2 aliphatic rings. The average Bonchev–Trinajstić information content (AvgIpc) is 3.35. The Hall–Kier alpha value is -2.77. The summed E-state index contributed by atoms with van der Waals surface area (Å²) >= 11 is 3.21. The quantitative estimate of drug-likeness (QED) is 0.599. The molecule has 5 rings (SSSR count). The molecule has 0 aromatic carbocycles.